The quantitative estimate of drug-likeness (QED) is 0.720. The molecule has 1 N–H and O–H groups in total. The van der Waals surface area contributed by atoms with Crippen LogP contribution in [0.15, 0.2) is 0 Å². The Bertz CT molecular complexity index is 219. The number of nitrogens with one attached hydrogen (secondary N) is 1. The van der Waals surface area contributed by atoms with Crippen LogP contribution >= 0.6 is 0 Å². The third-order valence-corrected chi connectivity index (χ3v) is 4.16. The number of morpholine rings is 1. The van der Waals surface area contributed by atoms with Crippen LogP contribution in [0.2, 0.25) is 0 Å². The maximum absolute atomic E-state index is 6.38. The molecule has 0 aromatic rings. The molecule has 1 aliphatic carbocycles. The van der Waals surface area contributed by atoms with Crippen molar-refractivity contribution in [1.82, 2.24) is 5.32 Å². The second kappa shape index (κ2) is 4.42. The summed E-state index contributed by atoms with van der Waals surface area (Å²) in [6.07, 6.45) is 6.79. The molecule has 15 heavy (non-hydrogen) atoms. The van der Waals surface area contributed by atoms with E-state index in [0.29, 0.717) is 12.1 Å². The van der Waals surface area contributed by atoms with Gasteiger partial charge in [-0.25, -0.2) is 0 Å². The predicted octanol–water partition coefficient (Wildman–Crippen LogP) is 2.72. The van der Waals surface area contributed by atoms with E-state index in [2.05, 4.69) is 26.1 Å². The van der Waals surface area contributed by atoms with E-state index in [1.807, 2.05) is 0 Å². The van der Waals surface area contributed by atoms with Crippen LogP contribution in [0.25, 0.3) is 0 Å². The highest BCUT2D eigenvalue weighted by Gasteiger charge is 2.41. The van der Waals surface area contributed by atoms with E-state index < -0.39 is 0 Å². The van der Waals surface area contributed by atoms with Crippen molar-refractivity contribution in [3.8, 4) is 0 Å². The Balaban J connectivity index is 2.02. The van der Waals surface area contributed by atoms with Gasteiger partial charge in [-0.05, 0) is 32.1 Å². The highest BCUT2D eigenvalue weighted by atomic mass is 16.5. The summed E-state index contributed by atoms with van der Waals surface area (Å²) in [5, 5.41) is 3.64. The Labute approximate surface area is 93.8 Å². The van der Waals surface area contributed by atoms with Crippen LogP contribution in [-0.4, -0.2) is 24.3 Å². The monoisotopic (exact) mass is 211 g/mol. The summed E-state index contributed by atoms with van der Waals surface area (Å²) in [7, 11) is 0. The standard InChI is InChI=1S/C13H25NO/c1-4-12-11(3)14-9-13(15-12)7-5-6-10(2)8-13/h10-12,14H,4-9H2,1-3H3. The minimum atomic E-state index is 0.171. The molecule has 1 aliphatic heterocycles. The highest BCUT2D eigenvalue weighted by Crippen LogP contribution is 2.38. The number of ether oxygens (including phenoxy) is 1. The Morgan fingerprint density at radius 3 is 2.87 bits per heavy atom. The van der Waals surface area contributed by atoms with Gasteiger partial charge >= 0.3 is 0 Å². The van der Waals surface area contributed by atoms with Crippen molar-refractivity contribution in [2.75, 3.05) is 6.54 Å². The molecule has 1 heterocycles. The van der Waals surface area contributed by atoms with E-state index in [9.17, 15) is 0 Å². The van der Waals surface area contributed by atoms with Crippen LogP contribution in [0.5, 0.6) is 0 Å². The molecule has 0 radical (unpaired) electrons. The van der Waals surface area contributed by atoms with Gasteiger partial charge in [-0.2, -0.15) is 0 Å². The first-order valence-corrected chi connectivity index (χ1v) is 6.56. The average Bonchev–Trinajstić information content (AvgIpc) is 2.22. The van der Waals surface area contributed by atoms with Crippen molar-refractivity contribution in [1.29, 1.82) is 0 Å². The summed E-state index contributed by atoms with van der Waals surface area (Å²) in [5.41, 5.74) is 0.171. The molecule has 2 rings (SSSR count). The molecule has 4 unspecified atom stereocenters. The first-order valence-electron chi connectivity index (χ1n) is 6.56. The molecule has 2 fully saturated rings. The van der Waals surface area contributed by atoms with Gasteiger partial charge in [-0.1, -0.05) is 26.7 Å². The van der Waals surface area contributed by atoms with Gasteiger partial charge in [0.05, 0.1) is 11.7 Å². The van der Waals surface area contributed by atoms with E-state index in [0.717, 1.165) is 18.9 Å². The zero-order valence-electron chi connectivity index (χ0n) is 10.4. The minimum Gasteiger partial charge on any atom is -0.369 e. The summed E-state index contributed by atoms with van der Waals surface area (Å²) in [6.45, 7) is 7.90. The van der Waals surface area contributed by atoms with Gasteiger partial charge in [0.1, 0.15) is 0 Å². The molecule has 4 atom stereocenters. The molecule has 2 nitrogen and oxygen atoms in total. The molecule has 0 aromatic heterocycles. The van der Waals surface area contributed by atoms with Crippen molar-refractivity contribution in [3.05, 3.63) is 0 Å². The summed E-state index contributed by atoms with van der Waals surface area (Å²) in [5.74, 6) is 0.839. The lowest BCUT2D eigenvalue weighted by Crippen LogP contribution is -2.59. The van der Waals surface area contributed by atoms with Gasteiger partial charge < -0.3 is 10.1 Å². The molecule has 0 aromatic carbocycles. The van der Waals surface area contributed by atoms with Crippen LogP contribution in [-0.2, 0) is 4.74 Å². The molecule has 2 aliphatic rings. The van der Waals surface area contributed by atoms with Crippen molar-refractivity contribution < 1.29 is 4.74 Å². The van der Waals surface area contributed by atoms with Gasteiger partial charge in [-0.3, -0.25) is 0 Å². The van der Waals surface area contributed by atoms with Crippen molar-refractivity contribution in [2.24, 2.45) is 5.92 Å². The van der Waals surface area contributed by atoms with Crippen LogP contribution in [0, 0.1) is 5.92 Å². The molecule has 0 amide bonds. The topological polar surface area (TPSA) is 21.3 Å². The predicted molar refractivity (Wildman–Crippen MR) is 63.0 cm³/mol. The Kier molecular flexibility index (Phi) is 3.36. The van der Waals surface area contributed by atoms with E-state index in [4.69, 9.17) is 4.74 Å². The van der Waals surface area contributed by atoms with E-state index in [-0.39, 0.29) is 5.60 Å². The molecule has 2 heteroatoms. The average molecular weight is 211 g/mol. The number of rotatable bonds is 1. The van der Waals surface area contributed by atoms with Crippen LogP contribution in [0.1, 0.15) is 52.9 Å². The minimum absolute atomic E-state index is 0.171. The lowest BCUT2D eigenvalue weighted by molar-refractivity contribution is -0.156. The maximum Gasteiger partial charge on any atom is 0.0813 e. The molecular formula is C13H25NO. The molecular weight excluding hydrogens is 186 g/mol. The number of hydrogen-bond acceptors (Lipinski definition) is 2. The van der Waals surface area contributed by atoms with Gasteiger partial charge in [0.25, 0.3) is 0 Å². The first kappa shape index (κ1) is 11.4. The van der Waals surface area contributed by atoms with Gasteiger partial charge in [-0.15, -0.1) is 0 Å². The van der Waals surface area contributed by atoms with Crippen molar-refractivity contribution in [3.63, 3.8) is 0 Å². The lowest BCUT2D eigenvalue weighted by Gasteiger charge is -2.48. The van der Waals surface area contributed by atoms with Gasteiger partial charge in [0, 0.05) is 12.6 Å². The van der Waals surface area contributed by atoms with E-state index >= 15 is 0 Å². The third kappa shape index (κ3) is 2.36. The largest absolute Gasteiger partial charge is 0.369 e. The molecule has 1 saturated carbocycles. The fourth-order valence-corrected chi connectivity index (χ4v) is 3.26. The second-order valence-electron chi connectivity index (χ2n) is 5.62. The van der Waals surface area contributed by atoms with Crippen molar-refractivity contribution >= 4 is 0 Å². The van der Waals surface area contributed by atoms with Crippen molar-refractivity contribution in [2.45, 2.75) is 70.6 Å². The van der Waals surface area contributed by atoms with E-state index in [1.54, 1.807) is 0 Å². The summed E-state index contributed by atoms with van der Waals surface area (Å²) in [4.78, 5) is 0. The molecule has 1 spiro atoms. The lowest BCUT2D eigenvalue weighted by atomic mass is 9.77. The summed E-state index contributed by atoms with van der Waals surface area (Å²) in [6, 6.07) is 0.526. The van der Waals surface area contributed by atoms with Crippen LogP contribution in [0.4, 0.5) is 0 Å². The Hall–Kier alpha value is -0.0800. The van der Waals surface area contributed by atoms with Crippen LogP contribution < -0.4 is 5.32 Å². The number of hydrogen-bond donors (Lipinski definition) is 1. The molecule has 0 bridgehead atoms. The van der Waals surface area contributed by atoms with Gasteiger partial charge in [0.2, 0.25) is 0 Å². The SMILES string of the molecule is CCC1OC2(CCCC(C)C2)CNC1C. The second-order valence-corrected chi connectivity index (χ2v) is 5.62. The summed E-state index contributed by atoms with van der Waals surface area (Å²) >= 11 is 0. The first-order chi connectivity index (χ1) is 7.15. The normalized spacial score (nSPS) is 47.0. The van der Waals surface area contributed by atoms with Gasteiger partial charge in [0.15, 0.2) is 0 Å². The third-order valence-electron chi connectivity index (χ3n) is 4.16. The van der Waals surface area contributed by atoms with Crippen LogP contribution in [0.3, 0.4) is 0 Å². The Morgan fingerprint density at radius 1 is 1.40 bits per heavy atom. The zero-order chi connectivity index (χ0) is 10.9. The molecule has 88 valence electrons. The highest BCUT2D eigenvalue weighted by molar-refractivity contribution is 4.95. The fraction of sp³-hybridized carbons (Fsp3) is 1.00. The maximum atomic E-state index is 6.38. The smallest absolute Gasteiger partial charge is 0.0813 e. The zero-order valence-corrected chi connectivity index (χ0v) is 10.4. The van der Waals surface area contributed by atoms with E-state index in [1.165, 1.54) is 25.7 Å². The fourth-order valence-electron chi connectivity index (χ4n) is 3.26. The summed E-state index contributed by atoms with van der Waals surface area (Å²) < 4.78 is 6.38. The Morgan fingerprint density at radius 2 is 2.20 bits per heavy atom. The molecule has 1 saturated heterocycles.